The summed E-state index contributed by atoms with van der Waals surface area (Å²) in [6.07, 6.45) is 3.18. The van der Waals surface area contributed by atoms with Gasteiger partial charge in [-0.1, -0.05) is 26.3 Å². The van der Waals surface area contributed by atoms with E-state index in [1.165, 1.54) is 0 Å². The second-order valence-corrected chi connectivity index (χ2v) is 5.72. The highest BCUT2D eigenvalue weighted by Gasteiger charge is 2.20. The fourth-order valence-corrected chi connectivity index (χ4v) is 2.23. The highest BCUT2D eigenvalue weighted by molar-refractivity contribution is 5.95. The van der Waals surface area contributed by atoms with E-state index in [-0.39, 0.29) is 11.9 Å². The minimum atomic E-state index is -0.0658. The van der Waals surface area contributed by atoms with E-state index in [9.17, 15) is 4.79 Å². The molecule has 1 fully saturated rings. The molecule has 0 spiro atoms. The molecule has 110 valence electrons. The Morgan fingerprint density at radius 1 is 1.45 bits per heavy atom. The lowest BCUT2D eigenvalue weighted by molar-refractivity contribution is -0.118. The van der Waals surface area contributed by atoms with Crippen molar-refractivity contribution in [1.82, 2.24) is 5.32 Å². The molecule has 1 aliphatic rings. The predicted molar refractivity (Wildman–Crippen MR) is 81.0 cm³/mol. The van der Waals surface area contributed by atoms with Gasteiger partial charge in [0, 0.05) is 11.8 Å². The van der Waals surface area contributed by atoms with E-state index in [2.05, 4.69) is 24.5 Å². The van der Waals surface area contributed by atoms with Crippen LogP contribution in [-0.4, -0.2) is 25.1 Å². The molecule has 1 saturated heterocycles. The molecule has 0 aromatic heterocycles. The van der Waals surface area contributed by atoms with E-state index in [4.69, 9.17) is 4.74 Å². The summed E-state index contributed by atoms with van der Waals surface area (Å²) in [7, 11) is 0. The first kappa shape index (κ1) is 14.9. The lowest BCUT2D eigenvalue weighted by atomic mass is 10.0. The quantitative estimate of drug-likeness (QED) is 0.869. The van der Waals surface area contributed by atoms with E-state index < -0.39 is 0 Å². The van der Waals surface area contributed by atoms with Gasteiger partial charge in [-0.25, -0.2) is 0 Å². The molecule has 1 aromatic rings. The number of ether oxygens (including phenoxy) is 1. The molecule has 1 unspecified atom stereocenters. The number of piperidine rings is 1. The zero-order valence-electron chi connectivity index (χ0n) is 12.3. The zero-order valence-corrected chi connectivity index (χ0v) is 12.3. The van der Waals surface area contributed by atoms with E-state index in [0.29, 0.717) is 12.5 Å². The van der Waals surface area contributed by atoms with E-state index in [0.717, 1.165) is 37.2 Å². The van der Waals surface area contributed by atoms with Crippen LogP contribution in [0.5, 0.6) is 5.75 Å². The van der Waals surface area contributed by atoms with Crippen LogP contribution in [0.4, 0.5) is 5.69 Å². The Balaban J connectivity index is 1.91. The van der Waals surface area contributed by atoms with Crippen LogP contribution in [0, 0.1) is 5.92 Å². The zero-order chi connectivity index (χ0) is 14.4. The minimum absolute atomic E-state index is 0.0470. The van der Waals surface area contributed by atoms with Gasteiger partial charge in [-0.15, -0.1) is 0 Å². The molecular weight excluding hydrogens is 252 g/mol. The first-order valence-corrected chi connectivity index (χ1v) is 7.42. The predicted octanol–water partition coefficient (Wildman–Crippen LogP) is 2.80. The van der Waals surface area contributed by atoms with Gasteiger partial charge in [-0.3, -0.25) is 4.79 Å². The molecule has 2 rings (SSSR count). The molecule has 1 heterocycles. The molecule has 0 radical (unpaired) electrons. The molecule has 1 aliphatic heterocycles. The third-order valence-electron chi connectivity index (χ3n) is 3.31. The summed E-state index contributed by atoms with van der Waals surface area (Å²) in [5.74, 6) is 1.33. The van der Waals surface area contributed by atoms with Crippen molar-refractivity contribution in [3.63, 3.8) is 0 Å². The van der Waals surface area contributed by atoms with E-state index >= 15 is 0 Å². The summed E-state index contributed by atoms with van der Waals surface area (Å²) in [6.45, 7) is 5.83. The summed E-state index contributed by atoms with van der Waals surface area (Å²) < 4.78 is 5.67. The summed E-state index contributed by atoms with van der Waals surface area (Å²) >= 11 is 0. The molecule has 2 N–H and O–H groups in total. The Morgan fingerprint density at radius 3 is 3.00 bits per heavy atom. The molecule has 4 heteroatoms. The number of hydrogen-bond donors (Lipinski definition) is 2. The summed E-state index contributed by atoms with van der Waals surface area (Å²) in [5, 5.41) is 6.21. The van der Waals surface area contributed by atoms with Crippen molar-refractivity contribution in [1.29, 1.82) is 0 Å². The monoisotopic (exact) mass is 276 g/mol. The largest absolute Gasteiger partial charge is 0.493 e. The molecule has 0 saturated carbocycles. The second kappa shape index (κ2) is 7.29. The Labute approximate surface area is 120 Å². The number of amides is 1. The smallest absolute Gasteiger partial charge is 0.241 e. The van der Waals surface area contributed by atoms with Gasteiger partial charge in [-0.05, 0) is 37.4 Å². The molecule has 20 heavy (non-hydrogen) atoms. The number of nitrogens with one attached hydrogen (secondary N) is 2. The highest BCUT2D eigenvalue weighted by atomic mass is 16.5. The fourth-order valence-electron chi connectivity index (χ4n) is 2.23. The Morgan fingerprint density at radius 2 is 2.30 bits per heavy atom. The van der Waals surface area contributed by atoms with Crippen molar-refractivity contribution < 1.29 is 9.53 Å². The number of rotatable bonds is 5. The van der Waals surface area contributed by atoms with Gasteiger partial charge in [0.25, 0.3) is 0 Å². The molecule has 0 bridgehead atoms. The van der Waals surface area contributed by atoms with Gasteiger partial charge in [0.2, 0.25) is 5.91 Å². The van der Waals surface area contributed by atoms with Crippen molar-refractivity contribution in [2.75, 3.05) is 18.5 Å². The lowest BCUT2D eigenvalue weighted by Crippen LogP contribution is -2.43. The van der Waals surface area contributed by atoms with Gasteiger partial charge in [0.05, 0.1) is 12.6 Å². The number of carbonyl (C=O) groups excluding carboxylic acids is 1. The van der Waals surface area contributed by atoms with E-state index in [1.807, 2.05) is 24.3 Å². The maximum Gasteiger partial charge on any atom is 0.241 e. The van der Waals surface area contributed by atoms with E-state index in [1.54, 1.807) is 0 Å². The normalized spacial score (nSPS) is 18.9. The van der Waals surface area contributed by atoms with Crippen LogP contribution in [-0.2, 0) is 4.79 Å². The minimum Gasteiger partial charge on any atom is -0.493 e. The molecule has 4 nitrogen and oxygen atoms in total. The van der Waals surface area contributed by atoms with Crippen LogP contribution >= 0.6 is 0 Å². The van der Waals surface area contributed by atoms with Crippen molar-refractivity contribution in [3.8, 4) is 5.75 Å². The molecule has 1 atom stereocenters. The van der Waals surface area contributed by atoms with Crippen molar-refractivity contribution in [2.45, 2.75) is 39.2 Å². The second-order valence-electron chi connectivity index (χ2n) is 5.72. The van der Waals surface area contributed by atoms with Crippen LogP contribution in [0.15, 0.2) is 24.3 Å². The molecule has 1 aromatic carbocycles. The van der Waals surface area contributed by atoms with Gasteiger partial charge in [0.15, 0.2) is 0 Å². The van der Waals surface area contributed by atoms with Crippen molar-refractivity contribution >= 4 is 11.6 Å². The van der Waals surface area contributed by atoms with Gasteiger partial charge in [-0.2, -0.15) is 0 Å². The van der Waals surface area contributed by atoms with Crippen LogP contribution in [0.2, 0.25) is 0 Å². The number of hydrogen-bond acceptors (Lipinski definition) is 3. The van der Waals surface area contributed by atoms with Crippen LogP contribution in [0.25, 0.3) is 0 Å². The van der Waals surface area contributed by atoms with Crippen molar-refractivity contribution in [2.24, 2.45) is 5.92 Å². The van der Waals surface area contributed by atoms with Gasteiger partial charge < -0.3 is 15.4 Å². The van der Waals surface area contributed by atoms with Crippen molar-refractivity contribution in [3.05, 3.63) is 24.3 Å². The molecular formula is C16H24N2O2. The van der Waals surface area contributed by atoms with Gasteiger partial charge in [0.1, 0.15) is 5.75 Å². The van der Waals surface area contributed by atoms with Crippen LogP contribution < -0.4 is 15.4 Å². The third kappa shape index (κ3) is 4.53. The Kier molecular flexibility index (Phi) is 5.41. The summed E-state index contributed by atoms with van der Waals surface area (Å²) in [6, 6.07) is 7.52. The molecule has 0 aliphatic carbocycles. The maximum absolute atomic E-state index is 12.1. The standard InChI is InChI=1S/C16H24N2O2/c1-12(2)11-20-14-7-5-6-13(10-14)18-16(19)15-8-3-4-9-17-15/h5-7,10,12,15,17H,3-4,8-9,11H2,1-2H3,(H,18,19). The number of anilines is 1. The molecule has 1 amide bonds. The van der Waals surface area contributed by atoms with Gasteiger partial charge >= 0.3 is 0 Å². The Hall–Kier alpha value is -1.55. The average Bonchev–Trinajstić information content (AvgIpc) is 2.46. The van der Waals surface area contributed by atoms with Crippen LogP contribution in [0.3, 0.4) is 0 Å². The number of carbonyl (C=O) groups is 1. The summed E-state index contributed by atoms with van der Waals surface area (Å²) in [5.41, 5.74) is 0.795. The topological polar surface area (TPSA) is 50.4 Å². The summed E-state index contributed by atoms with van der Waals surface area (Å²) in [4.78, 5) is 12.1. The number of benzene rings is 1. The SMILES string of the molecule is CC(C)COc1cccc(NC(=O)C2CCCCN2)c1. The highest BCUT2D eigenvalue weighted by Crippen LogP contribution is 2.19. The first-order valence-electron chi connectivity index (χ1n) is 7.42. The first-order chi connectivity index (χ1) is 9.65. The van der Waals surface area contributed by atoms with Crippen LogP contribution in [0.1, 0.15) is 33.1 Å². The Bertz CT molecular complexity index is 440. The third-order valence-corrected chi connectivity index (χ3v) is 3.31. The lowest BCUT2D eigenvalue weighted by Gasteiger charge is -2.22. The average molecular weight is 276 g/mol. The fraction of sp³-hybridized carbons (Fsp3) is 0.562. The maximum atomic E-state index is 12.1.